The highest BCUT2D eigenvalue weighted by atomic mass is 16.5. The third-order valence-electron chi connectivity index (χ3n) is 8.33. The van der Waals surface area contributed by atoms with Crippen molar-refractivity contribution in [2.75, 3.05) is 18.0 Å². The molecule has 0 radical (unpaired) electrons. The molecule has 220 valence electrons. The van der Waals surface area contributed by atoms with Crippen LogP contribution in [0.3, 0.4) is 0 Å². The number of fused-ring (bicyclic) bond motifs is 3. The Bertz CT molecular complexity index is 2010. The number of nitrogens with zero attached hydrogens (tertiary/aromatic N) is 4. The molecule has 0 amide bonds. The molecule has 6 aromatic rings. The summed E-state index contributed by atoms with van der Waals surface area (Å²) in [4.78, 5) is 7.02. The maximum atomic E-state index is 6.54. The molecule has 5 nitrogen and oxygen atoms in total. The molecule has 0 atom stereocenters. The van der Waals surface area contributed by atoms with E-state index in [9.17, 15) is 0 Å². The van der Waals surface area contributed by atoms with E-state index in [0.29, 0.717) is 0 Å². The Labute approximate surface area is 259 Å². The third kappa shape index (κ3) is 5.35. The van der Waals surface area contributed by atoms with Gasteiger partial charge in [-0.3, -0.25) is 4.57 Å². The van der Waals surface area contributed by atoms with Crippen LogP contribution in [-0.4, -0.2) is 33.6 Å². The van der Waals surface area contributed by atoms with Gasteiger partial charge < -0.3 is 14.2 Å². The summed E-state index contributed by atoms with van der Waals surface area (Å²) in [5.74, 6) is 2.47. The largest absolute Gasteiger partial charge is 0.458 e. The summed E-state index contributed by atoms with van der Waals surface area (Å²) in [6, 6.07) is 37.9. The van der Waals surface area contributed by atoms with Gasteiger partial charge in [-0.1, -0.05) is 95.3 Å². The topological polar surface area (TPSA) is 33.3 Å². The van der Waals surface area contributed by atoms with Crippen molar-refractivity contribution in [1.29, 1.82) is 0 Å². The van der Waals surface area contributed by atoms with Crippen LogP contribution in [0, 0.1) is 5.41 Å². The van der Waals surface area contributed by atoms with Crippen LogP contribution in [0.15, 0.2) is 115 Å². The van der Waals surface area contributed by atoms with Crippen molar-refractivity contribution in [2.24, 2.45) is 5.41 Å². The van der Waals surface area contributed by atoms with Gasteiger partial charge in [0.15, 0.2) is 0 Å². The standard InChI is InChI=1S/C39H38N4O/c1-38(2,3)28-20-21-40-37(22-28)43-35-17-10-9-16-33(35)34-19-18-32(24-36(34)43)44-31-15-11-14-30(23-31)42-26-39(4,5)25-41(27-42)29-12-7-6-8-13-29/h6-24H,25-26H2,1-5H3. The van der Waals surface area contributed by atoms with Crippen LogP contribution < -0.4 is 9.64 Å². The Morgan fingerprint density at radius 3 is 2.34 bits per heavy atom. The summed E-state index contributed by atoms with van der Waals surface area (Å²) in [6.45, 7) is 13.1. The fourth-order valence-corrected chi connectivity index (χ4v) is 6.15. The van der Waals surface area contributed by atoms with E-state index < -0.39 is 0 Å². The van der Waals surface area contributed by atoms with Crippen LogP contribution in [-0.2, 0) is 5.41 Å². The lowest BCUT2D eigenvalue weighted by atomic mass is 9.88. The fraction of sp³-hybridized carbons (Fsp3) is 0.231. The molecule has 0 unspecified atom stereocenters. The number of benzene rings is 4. The van der Waals surface area contributed by atoms with Crippen LogP contribution in [0.25, 0.3) is 27.6 Å². The Morgan fingerprint density at radius 2 is 1.52 bits per heavy atom. The average Bonchev–Trinajstić information content (AvgIpc) is 3.34. The van der Waals surface area contributed by atoms with E-state index in [1.165, 1.54) is 16.3 Å². The Morgan fingerprint density at radius 1 is 0.773 bits per heavy atom. The van der Waals surface area contributed by atoms with Gasteiger partial charge in [0.1, 0.15) is 17.3 Å². The minimum Gasteiger partial charge on any atom is -0.458 e. The van der Waals surface area contributed by atoms with Crippen LogP contribution in [0.2, 0.25) is 0 Å². The van der Waals surface area contributed by atoms with Crippen LogP contribution in [0.1, 0.15) is 40.2 Å². The first-order valence-corrected chi connectivity index (χ1v) is 15.3. The maximum absolute atomic E-state index is 6.54. The van der Waals surface area contributed by atoms with Crippen LogP contribution >= 0.6 is 0 Å². The lowest BCUT2D eigenvalue weighted by molar-refractivity contribution is -0.458. The zero-order valence-corrected chi connectivity index (χ0v) is 26.1. The van der Waals surface area contributed by atoms with E-state index in [1.807, 2.05) is 18.3 Å². The van der Waals surface area contributed by atoms with E-state index in [1.54, 1.807) is 0 Å². The van der Waals surface area contributed by atoms with Gasteiger partial charge in [0, 0.05) is 39.8 Å². The molecule has 0 saturated carbocycles. The lowest BCUT2D eigenvalue weighted by Crippen LogP contribution is -2.45. The van der Waals surface area contributed by atoms with E-state index in [-0.39, 0.29) is 10.8 Å². The van der Waals surface area contributed by atoms with E-state index in [2.05, 4.69) is 152 Å². The molecule has 4 aromatic carbocycles. The summed E-state index contributed by atoms with van der Waals surface area (Å²) in [6.07, 6.45) is 5.53. The molecule has 0 bridgehead atoms. The van der Waals surface area contributed by atoms with E-state index >= 15 is 0 Å². The average molecular weight is 579 g/mol. The molecule has 1 aliphatic heterocycles. The zero-order chi connectivity index (χ0) is 30.5. The van der Waals surface area contributed by atoms with E-state index in [4.69, 9.17) is 9.72 Å². The van der Waals surface area contributed by atoms with Crippen molar-refractivity contribution in [3.05, 3.63) is 121 Å². The molecule has 2 aromatic heterocycles. The minimum atomic E-state index is 0.0201. The van der Waals surface area contributed by atoms with Crippen LogP contribution in [0.4, 0.5) is 11.4 Å². The smallest absolute Gasteiger partial charge is 0.206 e. The fourth-order valence-electron chi connectivity index (χ4n) is 6.15. The number of anilines is 1. The number of ether oxygens (including phenoxy) is 1. The number of rotatable bonds is 5. The van der Waals surface area contributed by atoms with Crippen molar-refractivity contribution in [3.8, 4) is 17.3 Å². The molecule has 0 saturated heterocycles. The van der Waals surface area contributed by atoms with E-state index in [0.717, 1.165) is 52.8 Å². The molecule has 0 aliphatic carbocycles. The van der Waals surface area contributed by atoms with Gasteiger partial charge in [-0.2, -0.15) is 0 Å². The Hall–Kier alpha value is -4.90. The Balaban J connectivity index is 1.26. The maximum Gasteiger partial charge on any atom is 0.206 e. The first-order valence-electron chi connectivity index (χ1n) is 15.3. The molecular formula is C39H38N4O. The van der Waals surface area contributed by atoms with Crippen molar-refractivity contribution in [1.82, 2.24) is 9.55 Å². The highest BCUT2D eigenvalue weighted by Crippen LogP contribution is 2.37. The highest BCUT2D eigenvalue weighted by molar-refractivity contribution is 6.09. The first-order chi connectivity index (χ1) is 21.1. The number of hydrogen-bond acceptors (Lipinski definition) is 3. The normalized spacial score (nSPS) is 15.0. The second kappa shape index (κ2) is 10.7. The minimum absolute atomic E-state index is 0.0201. The molecular weight excluding hydrogens is 540 g/mol. The van der Waals surface area contributed by atoms with Gasteiger partial charge in [0.25, 0.3) is 0 Å². The number of para-hydroxylation sites is 2. The second-order valence-corrected chi connectivity index (χ2v) is 13.6. The number of hydrogen-bond donors (Lipinski definition) is 0. The molecule has 1 aliphatic rings. The molecule has 0 N–H and O–H groups in total. The molecule has 44 heavy (non-hydrogen) atoms. The molecule has 7 rings (SSSR count). The first kappa shape index (κ1) is 27.9. The van der Waals surface area contributed by atoms with Gasteiger partial charge >= 0.3 is 0 Å². The number of aromatic nitrogens is 2. The summed E-state index contributed by atoms with van der Waals surface area (Å²) >= 11 is 0. The number of pyridine rings is 1. The predicted octanol–water partition coefficient (Wildman–Crippen LogP) is 9.36. The summed E-state index contributed by atoms with van der Waals surface area (Å²) in [7, 11) is 0. The van der Waals surface area contributed by atoms with Gasteiger partial charge in [0.05, 0.1) is 24.1 Å². The molecule has 5 heteroatoms. The predicted molar refractivity (Wildman–Crippen MR) is 181 cm³/mol. The quantitative estimate of drug-likeness (QED) is 0.151. The van der Waals surface area contributed by atoms with Gasteiger partial charge in [-0.05, 0) is 53.4 Å². The molecule has 0 fully saturated rings. The van der Waals surface area contributed by atoms with Gasteiger partial charge in [0.2, 0.25) is 6.34 Å². The van der Waals surface area contributed by atoms with Crippen molar-refractivity contribution in [3.63, 3.8) is 0 Å². The Kier molecular flexibility index (Phi) is 6.77. The van der Waals surface area contributed by atoms with Gasteiger partial charge in [-0.25, -0.2) is 4.98 Å². The van der Waals surface area contributed by atoms with Gasteiger partial charge in [-0.15, -0.1) is 0 Å². The van der Waals surface area contributed by atoms with Crippen molar-refractivity contribution >= 4 is 39.5 Å². The third-order valence-corrected chi connectivity index (χ3v) is 8.33. The summed E-state index contributed by atoms with van der Waals surface area (Å²) in [5.41, 5.74) is 5.73. The molecule has 0 spiro atoms. The van der Waals surface area contributed by atoms with Crippen molar-refractivity contribution < 1.29 is 9.31 Å². The summed E-state index contributed by atoms with van der Waals surface area (Å²) in [5, 5.41) is 2.37. The molecule has 3 heterocycles. The highest BCUT2D eigenvalue weighted by Gasteiger charge is 2.30. The lowest BCUT2D eigenvalue weighted by Gasteiger charge is -2.37. The zero-order valence-electron chi connectivity index (χ0n) is 26.1. The van der Waals surface area contributed by atoms with Crippen LogP contribution in [0.5, 0.6) is 11.5 Å². The SMILES string of the molecule is CC1(C)CN(c2cccc(Oc3ccc4c5ccccc5n(-c5cc(C(C)(C)C)ccn5)c4c3)c2)[C-]=[N+](c2ccccc2)C1. The van der Waals surface area contributed by atoms with Crippen molar-refractivity contribution in [2.45, 2.75) is 40.0 Å². The monoisotopic (exact) mass is 578 g/mol. The summed E-state index contributed by atoms with van der Waals surface area (Å²) < 4.78 is 11.0. The second-order valence-electron chi connectivity index (χ2n) is 13.6.